The van der Waals surface area contributed by atoms with Crippen LogP contribution in [0, 0.1) is 24.0 Å². The van der Waals surface area contributed by atoms with Crippen LogP contribution in [-0.4, -0.2) is 41.3 Å². The molecular formula is C21H20F2N8O4S. The Morgan fingerprint density at radius 3 is 2.50 bits per heavy atom. The average Bonchev–Trinajstić information content (AvgIpc) is 3.46. The molecule has 4 aromatic heterocycles. The minimum Gasteiger partial charge on any atom is -0.365 e. The normalized spacial score (nSPS) is 11.4. The third kappa shape index (κ3) is 4.64. The SMILES string of the molecule is Cc1nn(C)cc1-c1cc(C(F)F)nc2sc(C(N)=O)c(NC(=O)CCn3cc([N+](=O)[O-])c(C)n3)c12. The molecule has 4 heterocycles. The molecule has 0 saturated heterocycles. The zero-order valence-electron chi connectivity index (χ0n) is 19.3. The van der Waals surface area contributed by atoms with E-state index in [4.69, 9.17) is 5.73 Å². The quantitative estimate of drug-likeness (QED) is 0.266. The highest BCUT2D eigenvalue weighted by atomic mass is 32.1. The highest BCUT2D eigenvalue weighted by molar-refractivity contribution is 7.21. The summed E-state index contributed by atoms with van der Waals surface area (Å²) in [7, 11) is 1.68. The van der Waals surface area contributed by atoms with E-state index in [0.717, 1.165) is 11.3 Å². The summed E-state index contributed by atoms with van der Waals surface area (Å²) in [6.45, 7) is 3.21. The lowest BCUT2D eigenvalue weighted by Crippen LogP contribution is -2.18. The van der Waals surface area contributed by atoms with Crippen LogP contribution in [0.1, 0.15) is 39.6 Å². The summed E-state index contributed by atoms with van der Waals surface area (Å²) in [6, 6.07) is 1.20. The molecule has 0 aliphatic rings. The smallest absolute Gasteiger partial charge is 0.309 e. The number of halogens is 2. The monoisotopic (exact) mass is 518 g/mol. The van der Waals surface area contributed by atoms with Crippen molar-refractivity contribution in [3.63, 3.8) is 0 Å². The summed E-state index contributed by atoms with van der Waals surface area (Å²) in [4.78, 5) is 39.5. The molecule has 4 rings (SSSR count). The predicted octanol–water partition coefficient (Wildman–Crippen LogP) is 3.48. The first kappa shape index (κ1) is 24.8. The molecule has 188 valence electrons. The maximum absolute atomic E-state index is 13.6. The molecule has 0 spiro atoms. The zero-order valence-corrected chi connectivity index (χ0v) is 20.1. The van der Waals surface area contributed by atoms with Gasteiger partial charge < -0.3 is 11.1 Å². The van der Waals surface area contributed by atoms with Gasteiger partial charge in [0.15, 0.2) is 0 Å². The van der Waals surface area contributed by atoms with Crippen LogP contribution in [-0.2, 0) is 18.4 Å². The second kappa shape index (κ2) is 9.41. The van der Waals surface area contributed by atoms with Crippen LogP contribution in [0.5, 0.6) is 0 Å². The zero-order chi connectivity index (χ0) is 26.3. The number of anilines is 1. The topological polar surface area (TPSA) is 164 Å². The summed E-state index contributed by atoms with van der Waals surface area (Å²) in [6.07, 6.45) is -0.155. The predicted molar refractivity (Wildman–Crippen MR) is 127 cm³/mol. The van der Waals surface area contributed by atoms with E-state index in [-0.39, 0.29) is 45.1 Å². The Morgan fingerprint density at radius 1 is 1.22 bits per heavy atom. The maximum atomic E-state index is 13.6. The van der Waals surface area contributed by atoms with Crippen LogP contribution in [0.4, 0.5) is 20.2 Å². The van der Waals surface area contributed by atoms with Gasteiger partial charge in [-0.15, -0.1) is 11.3 Å². The van der Waals surface area contributed by atoms with Crippen molar-refractivity contribution in [2.45, 2.75) is 33.2 Å². The van der Waals surface area contributed by atoms with Gasteiger partial charge in [-0.05, 0) is 25.5 Å². The number of amides is 2. The first-order valence-electron chi connectivity index (χ1n) is 10.5. The fraction of sp³-hybridized carbons (Fsp3) is 0.286. The molecule has 2 amide bonds. The van der Waals surface area contributed by atoms with Gasteiger partial charge in [0.25, 0.3) is 12.3 Å². The van der Waals surface area contributed by atoms with E-state index in [1.807, 2.05) is 0 Å². The van der Waals surface area contributed by atoms with Gasteiger partial charge in [0.2, 0.25) is 5.91 Å². The molecule has 3 N–H and O–H groups in total. The van der Waals surface area contributed by atoms with Gasteiger partial charge in [-0.1, -0.05) is 0 Å². The number of aromatic nitrogens is 5. The Bertz CT molecular complexity index is 1520. The van der Waals surface area contributed by atoms with E-state index >= 15 is 0 Å². The standard InChI is InChI=1S/C21H20F2N8O4S/c1-9-12(7-29(3)27-9)11-6-13(19(22)23)25-21-16(11)17(18(36-21)20(24)33)26-15(32)4-5-30-8-14(31(34)35)10(2)28-30/h6-8,19H,4-5H2,1-3H3,(H2,24,33)(H,26,32). The van der Waals surface area contributed by atoms with Crippen molar-refractivity contribution in [3.8, 4) is 11.1 Å². The van der Waals surface area contributed by atoms with Crippen LogP contribution < -0.4 is 11.1 Å². The third-order valence-corrected chi connectivity index (χ3v) is 6.48. The minimum absolute atomic E-state index is 0.0246. The summed E-state index contributed by atoms with van der Waals surface area (Å²) in [5.41, 5.74) is 6.52. The average molecular weight is 519 g/mol. The lowest BCUT2D eigenvalue weighted by Gasteiger charge is -2.10. The highest BCUT2D eigenvalue weighted by Gasteiger charge is 2.26. The molecule has 0 aliphatic heterocycles. The van der Waals surface area contributed by atoms with E-state index in [2.05, 4.69) is 20.5 Å². The van der Waals surface area contributed by atoms with E-state index in [1.54, 1.807) is 20.2 Å². The first-order chi connectivity index (χ1) is 17.0. The van der Waals surface area contributed by atoms with Crippen molar-refractivity contribution in [1.82, 2.24) is 24.5 Å². The molecule has 4 aromatic rings. The number of hydrogen-bond donors (Lipinski definition) is 2. The number of carbonyl (C=O) groups is 2. The van der Waals surface area contributed by atoms with Gasteiger partial charge in [0, 0.05) is 37.2 Å². The summed E-state index contributed by atoms with van der Waals surface area (Å²) in [5.74, 6) is -1.40. The molecule has 0 radical (unpaired) electrons. The first-order valence-corrected chi connectivity index (χ1v) is 11.3. The number of thiophene rings is 1. The third-order valence-electron chi connectivity index (χ3n) is 5.38. The molecule has 15 heteroatoms. The van der Waals surface area contributed by atoms with E-state index < -0.39 is 28.9 Å². The summed E-state index contributed by atoms with van der Waals surface area (Å²) < 4.78 is 30.0. The molecule has 0 aromatic carbocycles. The number of nitrogens with two attached hydrogens (primary N) is 1. The van der Waals surface area contributed by atoms with Crippen LogP contribution in [0.2, 0.25) is 0 Å². The van der Waals surface area contributed by atoms with Gasteiger partial charge in [-0.2, -0.15) is 10.2 Å². The molecule has 36 heavy (non-hydrogen) atoms. The van der Waals surface area contributed by atoms with Gasteiger partial charge in [-0.25, -0.2) is 13.8 Å². The second-order valence-corrected chi connectivity index (χ2v) is 8.97. The fourth-order valence-electron chi connectivity index (χ4n) is 3.82. The Kier molecular flexibility index (Phi) is 6.49. The number of hydrogen-bond acceptors (Lipinski definition) is 8. The van der Waals surface area contributed by atoms with Crippen LogP contribution in [0.25, 0.3) is 21.3 Å². The van der Waals surface area contributed by atoms with Crippen molar-refractivity contribution >= 4 is 44.7 Å². The molecule has 0 fully saturated rings. The highest BCUT2D eigenvalue weighted by Crippen LogP contribution is 2.43. The Hall–Kier alpha value is -4.27. The number of nitro groups is 1. The fourth-order valence-corrected chi connectivity index (χ4v) is 4.83. The van der Waals surface area contributed by atoms with Crippen molar-refractivity contribution in [3.05, 3.63) is 50.5 Å². The molecule has 0 atom stereocenters. The molecule has 0 unspecified atom stereocenters. The summed E-state index contributed by atoms with van der Waals surface area (Å²) >= 11 is 0.797. The van der Waals surface area contributed by atoms with Crippen molar-refractivity contribution in [2.24, 2.45) is 12.8 Å². The Balaban J connectivity index is 1.75. The number of rotatable bonds is 8. The van der Waals surface area contributed by atoms with Crippen molar-refractivity contribution in [2.75, 3.05) is 5.32 Å². The minimum atomic E-state index is -2.87. The number of nitrogens with zero attached hydrogens (tertiary/aromatic N) is 6. The Labute approximate surface area is 205 Å². The van der Waals surface area contributed by atoms with E-state index in [0.29, 0.717) is 16.8 Å². The number of pyridine rings is 1. The number of alkyl halides is 2. The van der Waals surface area contributed by atoms with Crippen LogP contribution in [0.15, 0.2) is 18.5 Å². The number of primary amides is 1. The van der Waals surface area contributed by atoms with Gasteiger partial charge >= 0.3 is 5.69 Å². The second-order valence-electron chi connectivity index (χ2n) is 7.97. The van der Waals surface area contributed by atoms with Crippen LogP contribution >= 0.6 is 11.3 Å². The lowest BCUT2D eigenvalue weighted by atomic mass is 10.0. The molecular weight excluding hydrogens is 498 g/mol. The molecule has 0 saturated carbocycles. The molecule has 0 aliphatic carbocycles. The van der Waals surface area contributed by atoms with E-state index in [1.165, 1.54) is 28.6 Å². The summed E-state index contributed by atoms with van der Waals surface area (Å²) in [5, 5.41) is 22.2. The number of nitrogens with one attached hydrogen (secondary N) is 1. The molecule has 12 nitrogen and oxygen atoms in total. The Morgan fingerprint density at radius 2 is 1.94 bits per heavy atom. The lowest BCUT2D eigenvalue weighted by molar-refractivity contribution is -0.385. The van der Waals surface area contributed by atoms with Crippen molar-refractivity contribution in [1.29, 1.82) is 0 Å². The van der Waals surface area contributed by atoms with Gasteiger partial charge in [0.1, 0.15) is 27.3 Å². The molecule has 0 bridgehead atoms. The largest absolute Gasteiger partial charge is 0.365 e. The van der Waals surface area contributed by atoms with Gasteiger partial charge in [-0.3, -0.25) is 29.1 Å². The number of fused-ring (bicyclic) bond motifs is 1. The van der Waals surface area contributed by atoms with Crippen LogP contribution in [0.3, 0.4) is 0 Å². The van der Waals surface area contributed by atoms with Gasteiger partial charge in [0.05, 0.1) is 16.3 Å². The van der Waals surface area contributed by atoms with E-state index in [9.17, 15) is 28.5 Å². The maximum Gasteiger partial charge on any atom is 0.309 e. The number of carbonyl (C=O) groups excluding carboxylic acids is 2. The number of aryl methyl sites for hydroxylation is 4. The van der Waals surface area contributed by atoms with Crippen molar-refractivity contribution < 1.29 is 23.3 Å².